The van der Waals surface area contributed by atoms with E-state index in [1.54, 1.807) is 31.0 Å². The molecule has 1 atom stereocenters. The van der Waals surface area contributed by atoms with Gasteiger partial charge < -0.3 is 19.8 Å². The largest absolute Gasteiger partial charge is 0.497 e. The highest BCUT2D eigenvalue weighted by Crippen LogP contribution is 2.31. The average Bonchev–Trinajstić information content (AvgIpc) is 3.37. The van der Waals surface area contributed by atoms with Crippen molar-refractivity contribution in [3.8, 4) is 17.0 Å². The van der Waals surface area contributed by atoms with Gasteiger partial charge in [0, 0.05) is 40.3 Å². The van der Waals surface area contributed by atoms with Crippen LogP contribution in [0, 0.1) is 10.1 Å². The molecule has 0 unspecified atom stereocenters. The van der Waals surface area contributed by atoms with Gasteiger partial charge in [-0.2, -0.15) is 11.8 Å². The lowest BCUT2D eigenvalue weighted by Gasteiger charge is -2.18. The van der Waals surface area contributed by atoms with E-state index >= 15 is 0 Å². The Morgan fingerprint density at radius 2 is 1.79 bits per heavy atom. The number of hydrogen-bond acceptors (Lipinski definition) is 7. The molecule has 9 nitrogen and oxygen atoms in total. The number of aromatic amines is 1. The Hall–Kier alpha value is -4.31. The van der Waals surface area contributed by atoms with Crippen LogP contribution in [-0.2, 0) is 15.3 Å². The standard InChI is InChI=1S/C28H27N3O6S/c1-36-23-10-8-18(9-11-23)16-38-17-22(15-26(32)37-2)29-28(33)21-12-20-13-24(19-6-4-3-5-7-19)30-27(20)25(14-21)31(34)35/h3-14,22,30H,15-17H2,1-2H3,(H,29,33)/t22-/m1/s1. The highest BCUT2D eigenvalue weighted by atomic mass is 32.2. The van der Waals surface area contributed by atoms with Crippen LogP contribution in [0.15, 0.2) is 72.8 Å². The average molecular weight is 534 g/mol. The Morgan fingerprint density at radius 3 is 2.45 bits per heavy atom. The molecule has 0 aliphatic carbocycles. The Kier molecular flexibility index (Phi) is 8.65. The van der Waals surface area contributed by atoms with E-state index in [0.29, 0.717) is 28.1 Å². The third kappa shape index (κ3) is 6.51. The van der Waals surface area contributed by atoms with Crippen molar-refractivity contribution in [1.29, 1.82) is 0 Å². The van der Waals surface area contributed by atoms with Gasteiger partial charge in [-0.05, 0) is 35.4 Å². The second-order valence-corrected chi connectivity index (χ2v) is 9.61. The second kappa shape index (κ2) is 12.3. The van der Waals surface area contributed by atoms with E-state index in [1.807, 2.05) is 54.6 Å². The van der Waals surface area contributed by atoms with Gasteiger partial charge in [-0.3, -0.25) is 19.7 Å². The van der Waals surface area contributed by atoms with Crippen LogP contribution in [0.2, 0.25) is 0 Å². The van der Waals surface area contributed by atoms with Gasteiger partial charge in [0.2, 0.25) is 0 Å². The molecular weight excluding hydrogens is 506 g/mol. The van der Waals surface area contributed by atoms with Crippen LogP contribution < -0.4 is 10.1 Å². The van der Waals surface area contributed by atoms with Gasteiger partial charge >= 0.3 is 5.97 Å². The number of esters is 1. The number of fused-ring (bicyclic) bond motifs is 1. The number of benzene rings is 3. The van der Waals surface area contributed by atoms with Crippen molar-refractivity contribution in [3.63, 3.8) is 0 Å². The van der Waals surface area contributed by atoms with E-state index in [-0.39, 0.29) is 17.7 Å². The van der Waals surface area contributed by atoms with Crippen LogP contribution in [0.1, 0.15) is 22.3 Å². The monoisotopic (exact) mass is 533 g/mol. The number of hydrogen-bond donors (Lipinski definition) is 2. The first kappa shape index (κ1) is 26.7. The lowest BCUT2D eigenvalue weighted by atomic mass is 10.1. The van der Waals surface area contributed by atoms with Gasteiger partial charge in [0.1, 0.15) is 11.3 Å². The Labute approximate surface area is 223 Å². The van der Waals surface area contributed by atoms with Crippen LogP contribution in [0.25, 0.3) is 22.2 Å². The number of rotatable bonds is 11. The maximum absolute atomic E-state index is 13.2. The number of ether oxygens (including phenoxy) is 2. The number of amides is 1. The molecular formula is C28H27N3O6S. The molecule has 1 heterocycles. The van der Waals surface area contributed by atoms with Gasteiger partial charge in [0.15, 0.2) is 0 Å². The Bertz CT molecular complexity index is 1440. The molecule has 0 saturated heterocycles. The summed E-state index contributed by atoms with van der Waals surface area (Å²) >= 11 is 1.55. The molecule has 0 bridgehead atoms. The van der Waals surface area contributed by atoms with Crippen molar-refractivity contribution < 1.29 is 24.0 Å². The summed E-state index contributed by atoms with van der Waals surface area (Å²) in [7, 11) is 2.90. The van der Waals surface area contributed by atoms with Crippen LogP contribution in [0.5, 0.6) is 5.75 Å². The lowest BCUT2D eigenvalue weighted by Crippen LogP contribution is -2.38. The van der Waals surface area contributed by atoms with Crippen molar-refractivity contribution in [2.24, 2.45) is 0 Å². The summed E-state index contributed by atoms with van der Waals surface area (Å²) in [6.45, 7) is 0. The first-order valence-corrected chi connectivity index (χ1v) is 13.0. The number of nitro groups is 1. The molecule has 4 rings (SSSR count). The maximum Gasteiger partial charge on any atom is 0.307 e. The van der Waals surface area contributed by atoms with Crippen molar-refractivity contribution >= 4 is 40.2 Å². The normalized spacial score (nSPS) is 11.6. The molecule has 10 heteroatoms. The minimum absolute atomic E-state index is 0.0233. The number of nitrogens with one attached hydrogen (secondary N) is 2. The van der Waals surface area contributed by atoms with E-state index in [0.717, 1.165) is 16.9 Å². The molecule has 0 aliphatic rings. The second-order valence-electron chi connectivity index (χ2n) is 8.58. The van der Waals surface area contributed by atoms with Crippen molar-refractivity contribution in [2.45, 2.75) is 18.2 Å². The Morgan fingerprint density at radius 1 is 1.05 bits per heavy atom. The van der Waals surface area contributed by atoms with Crippen LogP contribution >= 0.6 is 11.8 Å². The summed E-state index contributed by atoms with van der Waals surface area (Å²) in [6.07, 6.45) is -0.0233. The summed E-state index contributed by atoms with van der Waals surface area (Å²) in [6, 6.07) is 21.2. The van der Waals surface area contributed by atoms with Crippen molar-refractivity contribution in [1.82, 2.24) is 10.3 Å². The SMILES string of the molecule is COC(=O)C[C@H](CSCc1ccc(OC)cc1)NC(=O)c1cc([N+](=O)[O-])c2[nH]c(-c3ccccc3)cc2c1. The topological polar surface area (TPSA) is 124 Å². The molecule has 0 radical (unpaired) electrons. The summed E-state index contributed by atoms with van der Waals surface area (Å²) in [5.74, 6) is 0.912. The highest BCUT2D eigenvalue weighted by molar-refractivity contribution is 7.98. The van der Waals surface area contributed by atoms with Crippen LogP contribution in [0.3, 0.4) is 0 Å². The van der Waals surface area contributed by atoms with Crippen molar-refractivity contribution in [3.05, 3.63) is 94.0 Å². The van der Waals surface area contributed by atoms with Crippen LogP contribution in [0.4, 0.5) is 5.69 Å². The summed E-state index contributed by atoms with van der Waals surface area (Å²) in [5.41, 5.74) is 2.93. The quantitative estimate of drug-likeness (QED) is 0.151. The van der Waals surface area contributed by atoms with Crippen molar-refractivity contribution in [2.75, 3.05) is 20.0 Å². The molecule has 4 aromatic rings. The first-order chi connectivity index (χ1) is 18.4. The minimum atomic E-state index is -0.529. The number of aromatic nitrogens is 1. The maximum atomic E-state index is 13.2. The third-order valence-corrected chi connectivity index (χ3v) is 7.15. The van der Waals surface area contributed by atoms with Gasteiger partial charge in [-0.15, -0.1) is 0 Å². The fourth-order valence-electron chi connectivity index (χ4n) is 4.02. The molecule has 196 valence electrons. The molecule has 1 aromatic heterocycles. The molecule has 3 aromatic carbocycles. The number of non-ortho nitro benzene ring substituents is 1. The Balaban J connectivity index is 1.53. The lowest BCUT2D eigenvalue weighted by molar-refractivity contribution is -0.383. The van der Waals surface area contributed by atoms with E-state index in [1.165, 1.54) is 13.2 Å². The third-order valence-electron chi connectivity index (χ3n) is 5.97. The number of carbonyl (C=O) groups excluding carboxylic acids is 2. The fourth-order valence-corrected chi connectivity index (χ4v) is 5.05. The molecule has 0 saturated carbocycles. The molecule has 1 amide bonds. The predicted molar refractivity (Wildman–Crippen MR) is 147 cm³/mol. The van der Waals surface area contributed by atoms with E-state index in [4.69, 9.17) is 9.47 Å². The zero-order chi connectivity index (χ0) is 27.1. The first-order valence-electron chi connectivity index (χ1n) is 11.8. The number of carbonyl (C=O) groups is 2. The van der Waals surface area contributed by atoms with E-state index in [2.05, 4.69) is 10.3 Å². The fraction of sp³-hybridized carbons (Fsp3) is 0.214. The number of nitrogens with zero attached hydrogens (tertiary/aromatic N) is 1. The number of nitro benzene ring substituents is 1. The predicted octanol–water partition coefficient (Wildman–Crippen LogP) is 5.35. The molecule has 38 heavy (non-hydrogen) atoms. The molecule has 2 N–H and O–H groups in total. The van der Waals surface area contributed by atoms with E-state index in [9.17, 15) is 19.7 Å². The number of methoxy groups -OCH3 is 2. The zero-order valence-corrected chi connectivity index (χ0v) is 21.7. The highest BCUT2D eigenvalue weighted by Gasteiger charge is 2.23. The number of thioether (sulfide) groups is 1. The molecule has 0 aliphatic heterocycles. The van der Waals surface area contributed by atoms with Gasteiger partial charge in [-0.1, -0.05) is 42.5 Å². The zero-order valence-electron chi connectivity index (χ0n) is 20.9. The number of H-pyrrole nitrogens is 1. The summed E-state index contributed by atoms with van der Waals surface area (Å²) in [5, 5.41) is 15.2. The smallest absolute Gasteiger partial charge is 0.307 e. The summed E-state index contributed by atoms with van der Waals surface area (Å²) in [4.78, 5) is 39.6. The molecule has 0 spiro atoms. The molecule has 0 fully saturated rings. The van der Waals surface area contributed by atoms with Crippen LogP contribution in [-0.4, -0.2) is 47.8 Å². The van der Waals surface area contributed by atoms with E-state index < -0.39 is 22.8 Å². The summed E-state index contributed by atoms with van der Waals surface area (Å²) < 4.78 is 9.98. The van der Waals surface area contributed by atoms with Gasteiger partial charge in [0.05, 0.1) is 25.6 Å². The van der Waals surface area contributed by atoms with Gasteiger partial charge in [0.25, 0.3) is 11.6 Å². The van der Waals surface area contributed by atoms with Gasteiger partial charge in [-0.25, -0.2) is 0 Å². The minimum Gasteiger partial charge on any atom is -0.497 e.